The quantitative estimate of drug-likeness (QED) is 0.729. The average molecular weight is 292 g/mol. The Bertz CT molecular complexity index is 778. The van der Waals surface area contributed by atoms with Crippen LogP contribution < -0.4 is 5.73 Å². The zero-order chi connectivity index (χ0) is 13.6. The van der Waals surface area contributed by atoms with E-state index in [2.05, 4.69) is 4.98 Å². The van der Waals surface area contributed by atoms with Crippen LogP contribution in [0.5, 0.6) is 0 Å². The summed E-state index contributed by atoms with van der Waals surface area (Å²) in [5.41, 5.74) is 9.67. The van der Waals surface area contributed by atoms with Gasteiger partial charge in [0.1, 0.15) is 0 Å². The zero-order valence-corrected chi connectivity index (χ0v) is 11.7. The van der Waals surface area contributed by atoms with Crippen LogP contribution in [0.2, 0.25) is 10.0 Å². The lowest BCUT2D eigenvalue weighted by atomic mass is 10.2. The molecular formula is C14H11Cl2N3. The number of aromatic nitrogens is 2. The van der Waals surface area contributed by atoms with Gasteiger partial charge in [-0.05, 0) is 42.8 Å². The van der Waals surface area contributed by atoms with Gasteiger partial charge in [0.05, 0.1) is 16.7 Å². The van der Waals surface area contributed by atoms with Gasteiger partial charge >= 0.3 is 0 Å². The van der Waals surface area contributed by atoms with E-state index in [4.69, 9.17) is 28.9 Å². The van der Waals surface area contributed by atoms with Gasteiger partial charge in [0.25, 0.3) is 0 Å². The van der Waals surface area contributed by atoms with Crippen molar-refractivity contribution in [1.29, 1.82) is 0 Å². The maximum absolute atomic E-state index is 6.07. The minimum atomic E-state index is 0.419. The summed E-state index contributed by atoms with van der Waals surface area (Å²) < 4.78 is 1.86. The van der Waals surface area contributed by atoms with Crippen LogP contribution in [0.3, 0.4) is 0 Å². The molecule has 5 heteroatoms. The predicted molar refractivity (Wildman–Crippen MR) is 80.2 cm³/mol. The second kappa shape index (κ2) is 4.44. The van der Waals surface area contributed by atoms with Crippen molar-refractivity contribution in [2.45, 2.75) is 6.92 Å². The van der Waals surface area contributed by atoms with Crippen molar-refractivity contribution in [1.82, 2.24) is 9.55 Å². The van der Waals surface area contributed by atoms with Gasteiger partial charge in [-0.15, -0.1) is 0 Å². The van der Waals surface area contributed by atoms with Gasteiger partial charge in [0, 0.05) is 10.0 Å². The minimum absolute atomic E-state index is 0.419. The predicted octanol–water partition coefficient (Wildman–Crippen LogP) is 4.22. The molecule has 0 saturated carbocycles. The van der Waals surface area contributed by atoms with E-state index in [1.165, 1.54) is 0 Å². The fourth-order valence-corrected chi connectivity index (χ4v) is 2.48. The highest BCUT2D eigenvalue weighted by atomic mass is 35.5. The molecule has 2 aromatic carbocycles. The van der Waals surface area contributed by atoms with Crippen molar-refractivity contribution in [3.8, 4) is 5.69 Å². The Labute approximate surface area is 120 Å². The molecule has 0 radical (unpaired) electrons. The summed E-state index contributed by atoms with van der Waals surface area (Å²) in [6.07, 6.45) is 0. The summed E-state index contributed by atoms with van der Waals surface area (Å²) in [7, 11) is 0. The van der Waals surface area contributed by atoms with Crippen LogP contribution in [0, 0.1) is 6.92 Å². The number of benzene rings is 2. The van der Waals surface area contributed by atoms with Crippen molar-refractivity contribution < 1.29 is 0 Å². The van der Waals surface area contributed by atoms with Crippen molar-refractivity contribution in [2.75, 3.05) is 5.73 Å². The first kappa shape index (κ1) is 12.3. The van der Waals surface area contributed by atoms with E-state index in [0.29, 0.717) is 16.0 Å². The molecule has 0 atom stereocenters. The molecule has 0 bridgehead atoms. The monoisotopic (exact) mass is 291 g/mol. The highest BCUT2D eigenvalue weighted by molar-refractivity contribution is 6.31. The van der Waals surface area contributed by atoms with Crippen LogP contribution in [0.1, 0.15) is 5.56 Å². The molecule has 2 N–H and O–H groups in total. The average Bonchev–Trinajstić information content (AvgIpc) is 2.68. The number of hydrogen-bond acceptors (Lipinski definition) is 2. The number of aryl methyl sites for hydroxylation is 1. The van der Waals surface area contributed by atoms with E-state index in [0.717, 1.165) is 22.3 Å². The summed E-state index contributed by atoms with van der Waals surface area (Å²) in [5, 5.41) is 1.30. The lowest BCUT2D eigenvalue weighted by Crippen LogP contribution is -2.02. The van der Waals surface area contributed by atoms with Gasteiger partial charge in [0.15, 0.2) is 0 Å². The van der Waals surface area contributed by atoms with E-state index in [1.54, 1.807) is 6.07 Å². The van der Waals surface area contributed by atoms with E-state index < -0.39 is 0 Å². The molecule has 0 amide bonds. The Hall–Kier alpha value is -1.71. The van der Waals surface area contributed by atoms with Crippen LogP contribution in [0.25, 0.3) is 16.7 Å². The summed E-state index contributed by atoms with van der Waals surface area (Å²) in [5.74, 6) is 0.419. The Kier molecular flexibility index (Phi) is 2.88. The van der Waals surface area contributed by atoms with Crippen LogP contribution in [-0.4, -0.2) is 9.55 Å². The van der Waals surface area contributed by atoms with Gasteiger partial charge in [-0.1, -0.05) is 29.3 Å². The summed E-state index contributed by atoms with van der Waals surface area (Å²) >= 11 is 12.1. The molecule has 96 valence electrons. The molecule has 3 nitrogen and oxygen atoms in total. The fourth-order valence-electron chi connectivity index (χ4n) is 2.14. The molecule has 1 aromatic heterocycles. The summed E-state index contributed by atoms with van der Waals surface area (Å²) in [6.45, 7) is 2.00. The minimum Gasteiger partial charge on any atom is -0.369 e. The van der Waals surface area contributed by atoms with E-state index >= 15 is 0 Å². The molecule has 0 unspecified atom stereocenters. The lowest BCUT2D eigenvalue weighted by molar-refractivity contribution is 1.09. The van der Waals surface area contributed by atoms with Crippen molar-refractivity contribution in [3.63, 3.8) is 0 Å². The molecular weight excluding hydrogens is 281 g/mol. The second-order valence-corrected chi connectivity index (χ2v) is 5.24. The highest BCUT2D eigenvalue weighted by Gasteiger charge is 2.12. The third kappa shape index (κ3) is 2.05. The molecule has 0 aliphatic carbocycles. The molecule has 1 heterocycles. The van der Waals surface area contributed by atoms with E-state index in [-0.39, 0.29) is 0 Å². The number of rotatable bonds is 1. The number of hydrogen-bond donors (Lipinski definition) is 1. The maximum atomic E-state index is 6.07. The lowest BCUT2D eigenvalue weighted by Gasteiger charge is -2.10. The number of anilines is 1. The molecule has 0 fully saturated rings. The number of fused-ring (bicyclic) bond motifs is 1. The number of halogens is 2. The summed E-state index contributed by atoms with van der Waals surface area (Å²) in [4.78, 5) is 4.34. The van der Waals surface area contributed by atoms with Gasteiger partial charge < -0.3 is 5.73 Å². The molecule has 0 spiro atoms. The third-order valence-corrected chi connectivity index (χ3v) is 3.52. The zero-order valence-electron chi connectivity index (χ0n) is 10.2. The first-order valence-electron chi connectivity index (χ1n) is 5.76. The number of nitrogens with zero attached hydrogens (tertiary/aromatic N) is 2. The smallest absolute Gasteiger partial charge is 0.205 e. The van der Waals surface area contributed by atoms with Crippen LogP contribution in [-0.2, 0) is 0 Å². The maximum Gasteiger partial charge on any atom is 0.205 e. The molecule has 0 aliphatic heterocycles. The molecule has 0 aliphatic rings. The fraction of sp³-hybridized carbons (Fsp3) is 0.0714. The number of imidazole rings is 1. The Morgan fingerprint density at radius 3 is 2.53 bits per heavy atom. The number of nitrogen functional groups attached to an aromatic ring is 1. The Balaban J connectivity index is 2.38. The first-order chi connectivity index (χ1) is 9.06. The van der Waals surface area contributed by atoms with Gasteiger partial charge in [-0.2, -0.15) is 0 Å². The third-order valence-electron chi connectivity index (χ3n) is 3.05. The van der Waals surface area contributed by atoms with Crippen molar-refractivity contribution in [2.24, 2.45) is 0 Å². The van der Waals surface area contributed by atoms with Gasteiger partial charge in [-0.25, -0.2) is 4.98 Å². The van der Waals surface area contributed by atoms with Crippen LogP contribution in [0.15, 0.2) is 36.4 Å². The van der Waals surface area contributed by atoms with Crippen molar-refractivity contribution in [3.05, 3.63) is 52.0 Å². The van der Waals surface area contributed by atoms with Crippen molar-refractivity contribution >= 4 is 40.2 Å². The second-order valence-electron chi connectivity index (χ2n) is 4.37. The Morgan fingerprint density at radius 1 is 1.05 bits per heavy atom. The molecule has 0 saturated heterocycles. The van der Waals surface area contributed by atoms with Crippen LogP contribution in [0.4, 0.5) is 5.95 Å². The topological polar surface area (TPSA) is 43.8 Å². The van der Waals surface area contributed by atoms with Crippen LogP contribution >= 0.6 is 23.2 Å². The standard InChI is InChI=1S/C14H11Cl2N3/c1-8-2-3-9(15)6-12(8)19-13-7-10(16)4-5-11(13)18-14(19)17/h2-7H,1H3,(H2,17,18). The van der Waals surface area contributed by atoms with E-state index in [1.807, 2.05) is 41.8 Å². The number of nitrogens with two attached hydrogens (primary N) is 1. The largest absolute Gasteiger partial charge is 0.369 e. The van der Waals surface area contributed by atoms with Gasteiger partial charge in [0.2, 0.25) is 5.95 Å². The summed E-state index contributed by atoms with van der Waals surface area (Å²) in [6, 6.07) is 11.2. The normalized spacial score (nSPS) is 11.1. The first-order valence-corrected chi connectivity index (χ1v) is 6.52. The van der Waals surface area contributed by atoms with E-state index in [9.17, 15) is 0 Å². The molecule has 19 heavy (non-hydrogen) atoms. The SMILES string of the molecule is Cc1ccc(Cl)cc1-n1c(N)nc2ccc(Cl)cc21. The van der Waals surface area contributed by atoms with Gasteiger partial charge in [-0.3, -0.25) is 4.57 Å². The highest BCUT2D eigenvalue weighted by Crippen LogP contribution is 2.28. The molecule has 3 aromatic rings. The Morgan fingerprint density at radius 2 is 1.74 bits per heavy atom. The molecule has 3 rings (SSSR count).